The summed E-state index contributed by atoms with van der Waals surface area (Å²) in [5.74, 6) is 2.89. The van der Waals surface area contributed by atoms with Gasteiger partial charge in [-0.2, -0.15) is 0 Å². The minimum atomic E-state index is 0.425. The molecule has 128 valence electrons. The maximum absolute atomic E-state index is 12.4. The third-order valence-corrected chi connectivity index (χ3v) is 6.28. The second kappa shape index (κ2) is 10.4. The maximum Gasteiger partial charge on any atom is 0.135 e. The largest absolute Gasteiger partial charge is 0.299 e. The predicted octanol–water partition coefficient (Wildman–Crippen LogP) is 6.69. The summed E-state index contributed by atoms with van der Waals surface area (Å²) in [7, 11) is 0. The quantitative estimate of drug-likeness (QED) is 0.433. The van der Waals surface area contributed by atoms with E-state index in [-0.39, 0.29) is 0 Å². The second-order valence-corrected chi connectivity index (χ2v) is 8.08. The predicted molar refractivity (Wildman–Crippen MR) is 95.0 cm³/mol. The molecule has 0 aromatic heterocycles. The van der Waals surface area contributed by atoms with Crippen molar-refractivity contribution < 1.29 is 4.79 Å². The Balaban J connectivity index is 1.54. The van der Waals surface area contributed by atoms with Crippen molar-refractivity contribution in [1.29, 1.82) is 0 Å². The first-order chi connectivity index (χ1) is 10.8. The Hall–Kier alpha value is -0.330. The van der Waals surface area contributed by atoms with E-state index in [1.165, 1.54) is 96.3 Å². The lowest BCUT2D eigenvalue weighted by Crippen LogP contribution is -2.22. The smallest absolute Gasteiger partial charge is 0.135 e. The highest BCUT2D eigenvalue weighted by Gasteiger charge is 2.25. The summed E-state index contributed by atoms with van der Waals surface area (Å²) >= 11 is 0. The van der Waals surface area contributed by atoms with E-state index < -0.39 is 0 Å². The zero-order valence-electron chi connectivity index (χ0n) is 15.0. The van der Waals surface area contributed by atoms with Crippen LogP contribution in [0.5, 0.6) is 0 Å². The SMILES string of the molecule is CCCCCC1CCC(C(=O)CCCC2CCCCC2)CC1. The first-order valence-corrected chi connectivity index (χ1v) is 10.3. The van der Waals surface area contributed by atoms with Crippen molar-refractivity contribution in [3.63, 3.8) is 0 Å². The standard InChI is InChI=1S/C21H38O/c1-2-3-5-9-19-14-16-20(17-15-19)21(22)13-8-12-18-10-6-4-7-11-18/h18-20H,2-17H2,1H3. The Morgan fingerprint density at radius 1 is 0.773 bits per heavy atom. The van der Waals surface area contributed by atoms with Gasteiger partial charge >= 0.3 is 0 Å². The number of carbonyl (C=O) groups is 1. The third kappa shape index (κ3) is 6.42. The first-order valence-electron chi connectivity index (χ1n) is 10.3. The van der Waals surface area contributed by atoms with E-state index in [0.717, 1.165) is 18.3 Å². The van der Waals surface area contributed by atoms with E-state index in [2.05, 4.69) is 6.92 Å². The number of rotatable bonds is 9. The fourth-order valence-corrected chi connectivity index (χ4v) is 4.70. The number of unbranched alkanes of at least 4 members (excludes halogenated alkanes) is 2. The van der Waals surface area contributed by atoms with Gasteiger partial charge in [0.1, 0.15) is 5.78 Å². The lowest BCUT2D eigenvalue weighted by Gasteiger charge is -2.28. The Bertz CT molecular complexity index is 295. The topological polar surface area (TPSA) is 17.1 Å². The van der Waals surface area contributed by atoms with Gasteiger partial charge in [-0.15, -0.1) is 0 Å². The van der Waals surface area contributed by atoms with Gasteiger partial charge in [0.05, 0.1) is 0 Å². The number of carbonyl (C=O) groups excluding carboxylic acids is 1. The summed E-state index contributed by atoms with van der Waals surface area (Å²) in [4.78, 5) is 12.4. The summed E-state index contributed by atoms with van der Waals surface area (Å²) in [5, 5.41) is 0. The minimum absolute atomic E-state index is 0.425. The minimum Gasteiger partial charge on any atom is -0.299 e. The van der Waals surface area contributed by atoms with Crippen molar-refractivity contribution in [2.75, 3.05) is 0 Å². The molecule has 0 aromatic rings. The molecule has 1 heteroatoms. The number of hydrogen-bond donors (Lipinski definition) is 0. The number of hydrogen-bond acceptors (Lipinski definition) is 1. The van der Waals surface area contributed by atoms with Crippen LogP contribution < -0.4 is 0 Å². The van der Waals surface area contributed by atoms with E-state index in [1.54, 1.807) is 0 Å². The molecule has 0 saturated heterocycles. The van der Waals surface area contributed by atoms with Gasteiger partial charge in [-0.1, -0.05) is 71.1 Å². The van der Waals surface area contributed by atoms with Crippen LogP contribution in [0, 0.1) is 17.8 Å². The highest BCUT2D eigenvalue weighted by molar-refractivity contribution is 5.81. The van der Waals surface area contributed by atoms with Crippen molar-refractivity contribution in [2.24, 2.45) is 17.8 Å². The molecule has 2 rings (SSSR count). The molecule has 1 nitrogen and oxygen atoms in total. The molecule has 0 bridgehead atoms. The van der Waals surface area contributed by atoms with Crippen molar-refractivity contribution in [1.82, 2.24) is 0 Å². The molecular weight excluding hydrogens is 268 g/mol. The zero-order valence-corrected chi connectivity index (χ0v) is 15.0. The van der Waals surface area contributed by atoms with Gasteiger partial charge in [0, 0.05) is 12.3 Å². The molecule has 0 heterocycles. The van der Waals surface area contributed by atoms with E-state index in [0.29, 0.717) is 11.7 Å². The Kier molecular flexibility index (Phi) is 8.55. The molecule has 2 saturated carbocycles. The molecule has 0 amide bonds. The van der Waals surface area contributed by atoms with Crippen LogP contribution in [0.3, 0.4) is 0 Å². The highest BCUT2D eigenvalue weighted by Crippen LogP contribution is 2.34. The summed E-state index contributed by atoms with van der Waals surface area (Å²) < 4.78 is 0. The van der Waals surface area contributed by atoms with E-state index >= 15 is 0 Å². The molecule has 2 fully saturated rings. The van der Waals surface area contributed by atoms with Crippen LogP contribution in [0.25, 0.3) is 0 Å². The van der Waals surface area contributed by atoms with Crippen molar-refractivity contribution in [3.05, 3.63) is 0 Å². The zero-order chi connectivity index (χ0) is 15.6. The van der Waals surface area contributed by atoms with E-state index in [9.17, 15) is 4.79 Å². The lowest BCUT2D eigenvalue weighted by atomic mass is 9.77. The molecule has 2 aliphatic carbocycles. The van der Waals surface area contributed by atoms with Crippen molar-refractivity contribution >= 4 is 5.78 Å². The molecule has 0 N–H and O–H groups in total. The molecular formula is C21H38O. The van der Waals surface area contributed by atoms with E-state index in [1.807, 2.05) is 0 Å². The van der Waals surface area contributed by atoms with Gasteiger partial charge in [0.2, 0.25) is 0 Å². The fourth-order valence-electron chi connectivity index (χ4n) is 4.70. The van der Waals surface area contributed by atoms with Crippen LogP contribution in [-0.2, 0) is 4.79 Å². The molecule has 0 radical (unpaired) electrons. The monoisotopic (exact) mass is 306 g/mol. The molecule has 0 atom stereocenters. The van der Waals surface area contributed by atoms with Gasteiger partial charge in [0.15, 0.2) is 0 Å². The maximum atomic E-state index is 12.4. The third-order valence-electron chi connectivity index (χ3n) is 6.28. The molecule has 0 aliphatic heterocycles. The average molecular weight is 307 g/mol. The number of ketones is 1. The molecule has 0 spiro atoms. The molecule has 0 unspecified atom stereocenters. The van der Waals surface area contributed by atoms with E-state index in [4.69, 9.17) is 0 Å². The normalized spacial score (nSPS) is 27.0. The molecule has 0 aromatic carbocycles. The second-order valence-electron chi connectivity index (χ2n) is 8.08. The number of Topliss-reactive ketones (excluding diaryl/α,β-unsaturated/α-hetero) is 1. The van der Waals surface area contributed by atoms with Crippen LogP contribution in [0.2, 0.25) is 0 Å². The van der Waals surface area contributed by atoms with Crippen LogP contribution >= 0.6 is 0 Å². The Morgan fingerprint density at radius 2 is 1.41 bits per heavy atom. The molecule has 22 heavy (non-hydrogen) atoms. The molecule has 2 aliphatic rings. The summed E-state index contributed by atoms with van der Waals surface area (Å²) in [5.41, 5.74) is 0. The lowest BCUT2D eigenvalue weighted by molar-refractivity contribution is -0.124. The van der Waals surface area contributed by atoms with Crippen LogP contribution in [-0.4, -0.2) is 5.78 Å². The summed E-state index contributed by atoms with van der Waals surface area (Å²) in [6.45, 7) is 2.28. The first kappa shape index (κ1) is 18.0. The van der Waals surface area contributed by atoms with Gasteiger partial charge in [-0.05, 0) is 43.9 Å². The average Bonchev–Trinajstić information content (AvgIpc) is 2.56. The van der Waals surface area contributed by atoms with Gasteiger partial charge in [-0.25, -0.2) is 0 Å². The summed E-state index contributed by atoms with van der Waals surface area (Å²) in [6.07, 6.45) is 21.1. The van der Waals surface area contributed by atoms with Crippen LogP contribution in [0.1, 0.15) is 110 Å². The van der Waals surface area contributed by atoms with Crippen molar-refractivity contribution in [3.8, 4) is 0 Å². The Morgan fingerprint density at radius 3 is 2.09 bits per heavy atom. The van der Waals surface area contributed by atoms with Crippen LogP contribution in [0.4, 0.5) is 0 Å². The fraction of sp³-hybridized carbons (Fsp3) is 0.952. The highest BCUT2D eigenvalue weighted by atomic mass is 16.1. The Labute approximate surface area is 138 Å². The van der Waals surface area contributed by atoms with Gasteiger partial charge < -0.3 is 0 Å². The van der Waals surface area contributed by atoms with Crippen LogP contribution in [0.15, 0.2) is 0 Å². The van der Waals surface area contributed by atoms with Crippen molar-refractivity contribution in [2.45, 2.75) is 110 Å². The van der Waals surface area contributed by atoms with Gasteiger partial charge in [0.25, 0.3) is 0 Å². The van der Waals surface area contributed by atoms with Gasteiger partial charge in [-0.3, -0.25) is 4.79 Å². The summed E-state index contributed by atoms with van der Waals surface area (Å²) in [6, 6.07) is 0.